The van der Waals surface area contributed by atoms with Crippen molar-refractivity contribution in [2.75, 3.05) is 11.5 Å². The lowest BCUT2D eigenvalue weighted by atomic mass is 10.3. The molecule has 1 saturated heterocycles. The third-order valence-corrected chi connectivity index (χ3v) is 3.70. The minimum atomic E-state index is -2.04. The molecular weight excluding hydrogens is 142 g/mol. The van der Waals surface area contributed by atoms with E-state index in [1.807, 2.05) is 0 Å². The van der Waals surface area contributed by atoms with Crippen LogP contribution in [0.2, 0.25) is 0 Å². The number of hydrogen-bond donors (Lipinski definition) is 0. The third kappa shape index (κ3) is 2.12. The van der Waals surface area contributed by atoms with Crippen LogP contribution in [0.15, 0.2) is 0 Å². The fourth-order valence-electron chi connectivity index (χ4n) is 1.03. The van der Waals surface area contributed by atoms with Gasteiger partial charge in [-0.1, -0.05) is 0 Å². The van der Waals surface area contributed by atoms with E-state index in [0.717, 1.165) is 30.8 Å². The molecule has 0 aromatic carbocycles. The van der Waals surface area contributed by atoms with Gasteiger partial charge in [0.15, 0.2) is 0 Å². The van der Waals surface area contributed by atoms with Crippen LogP contribution in [0.5, 0.6) is 0 Å². The SMILES string of the molecule is FC(F)[S+]1CCCCC1. The molecule has 0 aromatic heterocycles. The minimum Gasteiger partial charge on any atom is -0.157 e. The Hall–Kier alpha value is 0.210. The van der Waals surface area contributed by atoms with E-state index in [9.17, 15) is 8.78 Å². The molecule has 0 unspecified atom stereocenters. The molecule has 0 spiro atoms. The molecule has 54 valence electrons. The number of alkyl halides is 2. The van der Waals surface area contributed by atoms with Crippen molar-refractivity contribution in [2.45, 2.75) is 25.0 Å². The summed E-state index contributed by atoms with van der Waals surface area (Å²) in [6, 6.07) is 0. The molecule has 0 radical (unpaired) electrons. The predicted octanol–water partition coefficient (Wildman–Crippen LogP) is 2.01. The fourth-order valence-corrected chi connectivity index (χ4v) is 2.74. The molecule has 0 N–H and O–H groups in total. The first-order chi connectivity index (χ1) is 4.30. The van der Waals surface area contributed by atoms with Crippen molar-refractivity contribution in [3.05, 3.63) is 0 Å². The molecule has 0 nitrogen and oxygen atoms in total. The molecule has 1 aliphatic heterocycles. The Bertz CT molecular complexity index is 79.1. The molecule has 0 aliphatic carbocycles. The van der Waals surface area contributed by atoms with Crippen LogP contribution in [0.3, 0.4) is 0 Å². The minimum absolute atomic E-state index is 0.530. The molecule has 1 heterocycles. The Morgan fingerprint density at radius 3 is 1.89 bits per heavy atom. The van der Waals surface area contributed by atoms with Gasteiger partial charge in [0.2, 0.25) is 0 Å². The maximum absolute atomic E-state index is 11.9. The van der Waals surface area contributed by atoms with Crippen molar-refractivity contribution in [3.63, 3.8) is 0 Å². The Morgan fingerprint density at radius 1 is 1.00 bits per heavy atom. The maximum atomic E-state index is 11.9. The summed E-state index contributed by atoms with van der Waals surface area (Å²) in [5.74, 6) is -0.486. The van der Waals surface area contributed by atoms with Gasteiger partial charge in [-0.3, -0.25) is 0 Å². The van der Waals surface area contributed by atoms with Crippen molar-refractivity contribution < 1.29 is 8.78 Å². The second-order valence-corrected chi connectivity index (χ2v) is 4.51. The predicted molar refractivity (Wildman–Crippen MR) is 37.0 cm³/mol. The van der Waals surface area contributed by atoms with E-state index in [1.165, 1.54) is 0 Å². The molecule has 0 bridgehead atoms. The maximum Gasteiger partial charge on any atom is 0.399 e. The summed E-state index contributed by atoms with van der Waals surface area (Å²) in [6.45, 7) is 0. The summed E-state index contributed by atoms with van der Waals surface area (Å²) in [4.78, 5) is 0. The third-order valence-electron chi connectivity index (χ3n) is 1.57. The zero-order chi connectivity index (χ0) is 6.69. The Balaban J connectivity index is 2.23. The Labute approximate surface area is 57.0 Å². The van der Waals surface area contributed by atoms with Crippen molar-refractivity contribution in [2.24, 2.45) is 0 Å². The van der Waals surface area contributed by atoms with Crippen LogP contribution in [0.1, 0.15) is 19.3 Å². The van der Waals surface area contributed by atoms with Crippen molar-refractivity contribution in [1.82, 2.24) is 0 Å². The first kappa shape index (κ1) is 7.32. The standard InChI is InChI=1S/C6H11F2S/c7-6(8)9-4-2-1-3-5-9/h6H,1-5H2/q+1. The van der Waals surface area contributed by atoms with Crippen LogP contribution in [-0.4, -0.2) is 17.3 Å². The van der Waals surface area contributed by atoms with E-state index in [4.69, 9.17) is 0 Å². The highest BCUT2D eigenvalue weighted by molar-refractivity contribution is 7.97. The van der Waals surface area contributed by atoms with Crippen LogP contribution in [0.4, 0.5) is 8.78 Å². The molecule has 9 heavy (non-hydrogen) atoms. The van der Waals surface area contributed by atoms with Gasteiger partial charge in [-0.2, -0.15) is 8.78 Å². The van der Waals surface area contributed by atoms with E-state index in [-0.39, 0.29) is 0 Å². The lowest BCUT2D eigenvalue weighted by molar-refractivity contribution is 0.246. The molecule has 0 saturated carbocycles. The average molecular weight is 153 g/mol. The van der Waals surface area contributed by atoms with Crippen molar-refractivity contribution in [3.8, 4) is 0 Å². The van der Waals surface area contributed by atoms with Gasteiger partial charge in [-0.25, -0.2) is 0 Å². The lowest BCUT2D eigenvalue weighted by Gasteiger charge is -2.11. The van der Waals surface area contributed by atoms with Gasteiger partial charge in [-0.15, -0.1) is 0 Å². The first-order valence-electron chi connectivity index (χ1n) is 3.25. The zero-order valence-corrected chi connectivity index (χ0v) is 6.09. The topological polar surface area (TPSA) is 0 Å². The molecule has 1 rings (SSSR count). The summed E-state index contributed by atoms with van der Waals surface area (Å²) in [7, 11) is -0.530. The normalized spacial score (nSPS) is 23.0. The van der Waals surface area contributed by atoms with Gasteiger partial charge in [0.25, 0.3) is 0 Å². The Morgan fingerprint density at radius 2 is 1.56 bits per heavy atom. The van der Waals surface area contributed by atoms with Crippen LogP contribution in [0.25, 0.3) is 0 Å². The van der Waals surface area contributed by atoms with Crippen molar-refractivity contribution >= 4 is 10.9 Å². The summed E-state index contributed by atoms with van der Waals surface area (Å²) >= 11 is 0. The summed E-state index contributed by atoms with van der Waals surface area (Å²) in [5.41, 5.74) is 0. The van der Waals surface area contributed by atoms with Gasteiger partial charge in [0.1, 0.15) is 11.5 Å². The zero-order valence-electron chi connectivity index (χ0n) is 5.28. The molecular formula is C6H11F2S+. The second-order valence-electron chi connectivity index (χ2n) is 2.27. The van der Waals surface area contributed by atoms with E-state index < -0.39 is 16.7 Å². The van der Waals surface area contributed by atoms with Gasteiger partial charge in [-0.05, 0) is 19.3 Å². The second kappa shape index (κ2) is 3.40. The summed E-state index contributed by atoms with van der Waals surface area (Å²) in [5, 5.41) is 0. The lowest BCUT2D eigenvalue weighted by Crippen LogP contribution is -2.23. The highest BCUT2D eigenvalue weighted by Crippen LogP contribution is 2.19. The average Bonchev–Trinajstić information content (AvgIpc) is 1.90. The Kier molecular flexibility index (Phi) is 2.76. The molecule has 1 aliphatic rings. The molecule has 1 fully saturated rings. The van der Waals surface area contributed by atoms with Gasteiger partial charge >= 0.3 is 5.76 Å². The summed E-state index contributed by atoms with van der Waals surface area (Å²) in [6.07, 6.45) is 3.21. The van der Waals surface area contributed by atoms with Gasteiger partial charge < -0.3 is 0 Å². The van der Waals surface area contributed by atoms with Crippen LogP contribution in [-0.2, 0) is 10.9 Å². The van der Waals surface area contributed by atoms with E-state index >= 15 is 0 Å². The molecule has 0 aromatic rings. The number of halogens is 2. The largest absolute Gasteiger partial charge is 0.399 e. The summed E-state index contributed by atoms with van der Waals surface area (Å²) < 4.78 is 23.9. The smallest absolute Gasteiger partial charge is 0.157 e. The van der Waals surface area contributed by atoms with E-state index in [1.54, 1.807) is 0 Å². The molecule has 0 amide bonds. The first-order valence-corrected chi connectivity index (χ1v) is 4.88. The van der Waals surface area contributed by atoms with Gasteiger partial charge in [0, 0.05) is 0 Å². The van der Waals surface area contributed by atoms with Crippen LogP contribution in [0, 0.1) is 0 Å². The number of hydrogen-bond acceptors (Lipinski definition) is 0. The highest BCUT2D eigenvalue weighted by Gasteiger charge is 2.31. The highest BCUT2D eigenvalue weighted by atomic mass is 32.2. The fraction of sp³-hybridized carbons (Fsp3) is 1.00. The van der Waals surface area contributed by atoms with Gasteiger partial charge in [0.05, 0.1) is 10.9 Å². The quantitative estimate of drug-likeness (QED) is 0.505. The number of rotatable bonds is 1. The van der Waals surface area contributed by atoms with E-state index in [0.29, 0.717) is 0 Å². The monoisotopic (exact) mass is 153 g/mol. The molecule has 3 heteroatoms. The van der Waals surface area contributed by atoms with Crippen LogP contribution >= 0.6 is 0 Å². The van der Waals surface area contributed by atoms with Crippen molar-refractivity contribution in [1.29, 1.82) is 0 Å². The van der Waals surface area contributed by atoms with E-state index in [2.05, 4.69) is 0 Å². The van der Waals surface area contributed by atoms with Crippen LogP contribution < -0.4 is 0 Å². The molecule has 0 atom stereocenters.